The van der Waals surface area contributed by atoms with Crippen molar-refractivity contribution in [2.45, 2.75) is 24.9 Å². The van der Waals surface area contributed by atoms with Gasteiger partial charge in [0.1, 0.15) is 0 Å². The highest BCUT2D eigenvalue weighted by atomic mass is 16.3. The molecule has 106 valence electrons. The van der Waals surface area contributed by atoms with E-state index in [9.17, 15) is 14.7 Å². The van der Waals surface area contributed by atoms with E-state index in [4.69, 9.17) is 5.11 Å². The molecule has 1 amide bonds. The predicted molar refractivity (Wildman–Crippen MR) is 65.6 cm³/mol. The van der Waals surface area contributed by atoms with Gasteiger partial charge in [0.05, 0.1) is 12.2 Å². The average Bonchev–Trinajstić information content (AvgIpc) is 2.62. The number of nitrogens with zero attached hydrogens (tertiary/aromatic N) is 3. The van der Waals surface area contributed by atoms with E-state index in [0.717, 1.165) is 4.68 Å². The molecule has 0 radical (unpaired) electrons. The van der Waals surface area contributed by atoms with Gasteiger partial charge in [0.25, 0.3) is 5.91 Å². The number of aliphatic hydroxyl groups excluding tert-OH is 1. The zero-order valence-corrected chi connectivity index (χ0v) is 10.8. The maximum Gasteiger partial charge on any atom is 0.343 e. The molecule has 1 aliphatic heterocycles. The fourth-order valence-electron chi connectivity index (χ4n) is 2.19. The second-order valence-corrected chi connectivity index (χ2v) is 4.93. The Labute approximate surface area is 109 Å². The Morgan fingerprint density at radius 3 is 2.79 bits per heavy atom. The van der Waals surface area contributed by atoms with Crippen molar-refractivity contribution in [3.05, 3.63) is 16.3 Å². The van der Waals surface area contributed by atoms with Gasteiger partial charge in [0.2, 0.25) is 5.82 Å². The van der Waals surface area contributed by atoms with Crippen LogP contribution in [0.2, 0.25) is 0 Å². The Bertz CT molecular complexity index is 523. The smallest absolute Gasteiger partial charge is 0.343 e. The van der Waals surface area contributed by atoms with E-state index in [2.05, 4.69) is 10.1 Å². The quantitative estimate of drug-likeness (QED) is 0.603. The van der Waals surface area contributed by atoms with Crippen molar-refractivity contribution in [1.29, 1.82) is 0 Å². The van der Waals surface area contributed by atoms with E-state index in [0.29, 0.717) is 32.4 Å². The molecular weight excluding hydrogens is 252 g/mol. The number of aryl methyl sites for hydroxylation is 1. The lowest BCUT2D eigenvalue weighted by Gasteiger charge is -2.24. The third-order valence-electron chi connectivity index (χ3n) is 3.47. The fraction of sp³-hybridized carbons (Fsp3) is 0.727. The largest absolute Gasteiger partial charge is 0.393 e. The van der Waals surface area contributed by atoms with Gasteiger partial charge in [0.15, 0.2) is 0 Å². The van der Waals surface area contributed by atoms with E-state index in [1.54, 1.807) is 0 Å². The molecule has 0 spiro atoms. The number of likely N-dealkylation sites (tertiary alicyclic amines) is 1. The van der Waals surface area contributed by atoms with Crippen LogP contribution >= 0.6 is 0 Å². The summed E-state index contributed by atoms with van der Waals surface area (Å²) in [5.74, 6) is -0.359. The van der Waals surface area contributed by atoms with Crippen LogP contribution in [0.25, 0.3) is 0 Å². The number of nitrogens with one attached hydrogen (secondary N) is 1. The highest BCUT2D eigenvalue weighted by molar-refractivity contribution is 5.90. The first-order chi connectivity index (χ1) is 8.95. The zero-order valence-electron chi connectivity index (χ0n) is 10.8. The summed E-state index contributed by atoms with van der Waals surface area (Å²) in [5, 5.41) is 23.0. The molecule has 2 rings (SSSR count). The van der Waals surface area contributed by atoms with Crippen molar-refractivity contribution >= 4 is 5.91 Å². The van der Waals surface area contributed by atoms with Gasteiger partial charge in [-0.3, -0.25) is 9.78 Å². The maximum absolute atomic E-state index is 12.2. The molecule has 1 atom stereocenters. The minimum absolute atomic E-state index is 0.00179. The highest BCUT2D eigenvalue weighted by Gasteiger charge is 2.31. The molecule has 8 nitrogen and oxygen atoms in total. The first-order valence-electron chi connectivity index (χ1n) is 6.21. The summed E-state index contributed by atoms with van der Waals surface area (Å²) in [6, 6.07) is 0. The fourth-order valence-corrected chi connectivity index (χ4v) is 2.19. The Kier molecular flexibility index (Phi) is 3.72. The summed E-state index contributed by atoms with van der Waals surface area (Å²) >= 11 is 0. The lowest BCUT2D eigenvalue weighted by molar-refractivity contribution is -0.0250. The number of H-pyrrole nitrogens is 1. The standard InChI is InChI=1S/C11H18N4O4/c1-14-10(18)12-8(13-14)9(17)15-5-2-3-11(19,7-16)4-6-15/h16,19H,2-7H2,1H3,(H,12,13,18). The Balaban J connectivity index is 2.10. The monoisotopic (exact) mass is 270 g/mol. The molecule has 0 aromatic carbocycles. The summed E-state index contributed by atoms with van der Waals surface area (Å²) < 4.78 is 1.06. The first kappa shape index (κ1) is 13.8. The molecular formula is C11H18N4O4. The van der Waals surface area contributed by atoms with E-state index < -0.39 is 11.3 Å². The minimum atomic E-state index is -1.12. The van der Waals surface area contributed by atoms with E-state index in [1.807, 2.05) is 0 Å². The summed E-state index contributed by atoms with van der Waals surface area (Å²) in [4.78, 5) is 27.3. The van der Waals surface area contributed by atoms with Gasteiger partial charge >= 0.3 is 5.69 Å². The molecule has 0 aliphatic carbocycles. The lowest BCUT2D eigenvalue weighted by atomic mass is 9.96. The van der Waals surface area contributed by atoms with Crippen LogP contribution in [-0.2, 0) is 7.05 Å². The van der Waals surface area contributed by atoms with Crippen LogP contribution in [-0.4, -0.2) is 61.1 Å². The van der Waals surface area contributed by atoms with Crippen LogP contribution in [0.15, 0.2) is 4.79 Å². The van der Waals surface area contributed by atoms with Crippen molar-refractivity contribution in [1.82, 2.24) is 19.7 Å². The van der Waals surface area contributed by atoms with Crippen molar-refractivity contribution in [2.75, 3.05) is 19.7 Å². The summed E-state index contributed by atoms with van der Waals surface area (Å²) in [7, 11) is 1.46. The molecule has 3 N–H and O–H groups in total. The second-order valence-electron chi connectivity index (χ2n) is 4.93. The highest BCUT2D eigenvalue weighted by Crippen LogP contribution is 2.22. The van der Waals surface area contributed by atoms with Crippen LogP contribution in [0.3, 0.4) is 0 Å². The average molecular weight is 270 g/mol. The van der Waals surface area contributed by atoms with Crippen LogP contribution in [0.5, 0.6) is 0 Å². The van der Waals surface area contributed by atoms with Gasteiger partial charge in [-0.15, -0.1) is 5.10 Å². The summed E-state index contributed by atoms with van der Waals surface area (Å²) in [6.07, 6.45) is 1.36. The Morgan fingerprint density at radius 2 is 2.21 bits per heavy atom. The van der Waals surface area contributed by atoms with Crippen molar-refractivity contribution in [3.63, 3.8) is 0 Å². The molecule has 1 aliphatic rings. The molecule has 1 aromatic heterocycles. The van der Waals surface area contributed by atoms with E-state index in [1.165, 1.54) is 11.9 Å². The molecule has 1 aromatic rings. The molecule has 1 fully saturated rings. The SMILES string of the molecule is Cn1nc(C(=O)N2CCCC(O)(CO)CC2)[nH]c1=O. The summed E-state index contributed by atoms with van der Waals surface area (Å²) in [6.45, 7) is 0.490. The lowest BCUT2D eigenvalue weighted by Crippen LogP contribution is -2.37. The number of rotatable bonds is 2. The van der Waals surface area contributed by atoms with Gasteiger partial charge in [-0.25, -0.2) is 9.48 Å². The molecule has 8 heteroatoms. The van der Waals surface area contributed by atoms with Crippen LogP contribution in [0, 0.1) is 0 Å². The third-order valence-corrected chi connectivity index (χ3v) is 3.47. The number of aromatic amines is 1. The van der Waals surface area contributed by atoms with Crippen LogP contribution in [0.1, 0.15) is 29.9 Å². The zero-order chi connectivity index (χ0) is 14.0. The summed E-state index contributed by atoms with van der Waals surface area (Å²) in [5.41, 5.74) is -1.56. The Morgan fingerprint density at radius 1 is 1.47 bits per heavy atom. The molecule has 1 saturated heterocycles. The first-order valence-corrected chi connectivity index (χ1v) is 6.21. The third kappa shape index (κ3) is 2.85. The molecule has 0 bridgehead atoms. The normalized spacial score (nSPS) is 24.3. The Hall–Kier alpha value is -1.67. The molecule has 0 saturated carbocycles. The number of carbonyl (C=O) groups is 1. The minimum Gasteiger partial charge on any atom is -0.393 e. The number of hydrogen-bond acceptors (Lipinski definition) is 5. The van der Waals surface area contributed by atoms with Crippen molar-refractivity contribution < 1.29 is 15.0 Å². The topological polar surface area (TPSA) is 111 Å². The van der Waals surface area contributed by atoms with E-state index in [-0.39, 0.29) is 18.3 Å². The van der Waals surface area contributed by atoms with Gasteiger partial charge in [-0.2, -0.15) is 0 Å². The van der Waals surface area contributed by atoms with Gasteiger partial charge in [0, 0.05) is 20.1 Å². The second kappa shape index (κ2) is 5.14. The molecule has 19 heavy (non-hydrogen) atoms. The molecule has 2 heterocycles. The van der Waals surface area contributed by atoms with Gasteiger partial charge < -0.3 is 15.1 Å². The maximum atomic E-state index is 12.2. The van der Waals surface area contributed by atoms with Crippen molar-refractivity contribution in [3.8, 4) is 0 Å². The van der Waals surface area contributed by atoms with Gasteiger partial charge in [-0.1, -0.05) is 0 Å². The van der Waals surface area contributed by atoms with Crippen LogP contribution < -0.4 is 5.69 Å². The predicted octanol–water partition coefficient (Wildman–Crippen LogP) is -1.54. The van der Waals surface area contributed by atoms with E-state index >= 15 is 0 Å². The van der Waals surface area contributed by atoms with Gasteiger partial charge in [-0.05, 0) is 19.3 Å². The number of carbonyl (C=O) groups excluding carboxylic acids is 1. The number of aliphatic hydroxyl groups is 2. The number of amides is 1. The number of hydrogen-bond donors (Lipinski definition) is 3. The number of aromatic nitrogens is 3. The van der Waals surface area contributed by atoms with Crippen LogP contribution in [0.4, 0.5) is 0 Å². The molecule has 1 unspecified atom stereocenters. The van der Waals surface area contributed by atoms with Crippen molar-refractivity contribution in [2.24, 2.45) is 7.05 Å².